The third-order valence-electron chi connectivity index (χ3n) is 5.02. The van der Waals surface area contributed by atoms with Crippen molar-refractivity contribution in [3.63, 3.8) is 0 Å². The molecular weight excluding hydrogens is 432 g/mol. The van der Waals surface area contributed by atoms with Crippen molar-refractivity contribution in [1.29, 1.82) is 0 Å². The first-order valence-corrected chi connectivity index (χ1v) is 11.5. The molecule has 156 valence electrons. The quantitative estimate of drug-likeness (QED) is 0.311. The number of nitrogens with zero attached hydrogens (tertiary/aromatic N) is 4. The number of aromatic nitrogens is 2. The molecule has 0 radical (unpaired) electrons. The average Bonchev–Trinajstić information content (AvgIpc) is 3.57. The van der Waals surface area contributed by atoms with E-state index < -0.39 is 0 Å². The standard InChI is InChI=1S/C22H18N4O3S2/c1-28-15-6-4-14(5-7-15)17-11-18(19-3-2-9-29-19)26(25-17)20(27)12-31-22-16-8-10-30-21(16)23-13-24-22/h2-10,13,18H,11-12H2,1H3. The van der Waals surface area contributed by atoms with Gasteiger partial charge < -0.3 is 9.15 Å². The van der Waals surface area contributed by atoms with Crippen LogP contribution < -0.4 is 4.74 Å². The van der Waals surface area contributed by atoms with Gasteiger partial charge in [0.15, 0.2) is 0 Å². The van der Waals surface area contributed by atoms with Gasteiger partial charge in [-0.15, -0.1) is 11.3 Å². The van der Waals surface area contributed by atoms with Crippen LogP contribution in [0.4, 0.5) is 0 Å². The summed E-state index contributed by atoms with van der Waals surface area (Å²) in [5.41, 5.74) is 1.79. The number of rotatable bonds is 6. The monoisotopic (exact) mass is 450 g/mol. The summed E-state index contributed by atoms with van der Waals surface area (Å²) in [6, 6.07) is 13.1. The van der Waals surface area contributed by atoms with E-state index in [1.165, 1.54) is 23.1 Å². The fourth-order valence-electron chi connectivity index (χ4n) is 3.48. The smallest absolute Gasteiger partial charge is 0.253 e. The molecule has 1 aliphatic heterocycles. The van der Waals surface area contributed by atoms with Crippen molar-refractivity contribution in [2.75, 3.05) is 12.9 Å². The van der Waals surface area contributed by atoms with E-state index in [-0.39, 0.29) is 17.7 Å². The van der Waals surface area contributed by atoms with Gasteiger partial charge in [-0.2, -0.15) is 5.10 Å². The molecule has 3 aromatic heterocycles. The van der Waals surface area contributed by atoms with Crippen molar-refractivity contribution in [3.05, 3.63) is 71.8 Å². The van der Waals surface area contributed by atoms with Gasteiger partial charge in [-0.1, -0.05) is 11.8 Å². The molecule has 5 rings (SSSR count). The normalized spacial score (nSPS) is 16.0. The second-order valence-corrected chi connectivity index (χ2v) is 8.71. The largest absolute Gasteiger partial charge is 0.497 e. The van der Waals surface area contributed by atoms with Gasteiger partial charge in [0.05, 0.1) is 24.8 Å². The molecule has 1 aliphatic rings. The van der Waals surface area contributed by atoms with Crippen LogP contribution in [0.25, 0.3) is 10.2 Å². The second kappa shape index (κ2) is 8.52. The molecule has 0 bridgehead atoms. The van der Waals surface area contributed by atoms with Crippen molar-refractivity contribution < 1.29 is 13.9 Å². The number of hydrazone groups is 1. The van der Waals surface area contributed by atoms with Crippen LogP contribution in [-0.4, -0.2) is 39.5 Å². The van der Waals surface area contributed by atoms with E-state index in [1.54, 1.807) is 24.7 Å². The molecule has 9 heteroatoms. The summed E-state index contributed by atoms with van der Waals surface area (Å²) < 4.78 is 10.9. The number of carbonyl (C=O) groups excluding carboxylic acids is 1. The number of thiophene rings is 1. The summed E-state index contributed by atoms with van der Waals surface area (Å²) in [7, 11) is 1.63. The number of hydrogen-bond acceptors (Lipinski definition) is 8. The highest BCUT2D eigenvalue weighted by atomic mass is 32.2. The Morgan fingerprint density at radius 3 is 2.90 bits per heavy atom. The summed E-state index contributed by atoms with van der Waals surface area (Å²) in [6.07, 6.45) is 3.73. The molecule has 7 nitrogen and oxygen atoms in total. The van der Waals surface area contributed by atoms with Gasteiger partial charge in [0.25, 0.3) is 5.91 Å². The summed E-state index contributed by atoms with van der Waals surface area (Å²) in [6.45, 7) is 0. The van der Waals surface area contributed by atoms with Crippen LogP contribution in [0.15, 0.2) is 75.0 Å². The highest BCUT2D eigenvalue weighted by Crippen LogP contribution is 2.35. The molecule has 1 aromatic carbocycles. The van der Waals surface area contributed by atoms with Gasteiger partial charge in [0.1, 0.15) is 33.7 Å². The lowest BCUT2D eigenvalue weighted by Crippen LogP contribution is -2.28. The Balaban J connectivity index is 1.38. The van der Waals surface area contributed by atoms with Crippen LogP contribution >= 0.6 is 23.1 Å². The van der Waals surface area contributed by atoms with Gasteiger partial charge in [0, 0.05) is 11.8 Å². The van der Waals surface area contributed by atoms with Crippen LogP contribution in [0.2, 0.25) is 0 Å². The van der Waals surface area contributed by atoms with Crippen LogP contribution in [0.3, 0.4) is 0 Å². The highest BCUT2D eigenvalue weighted by Gasteiger charge is 2.34. The molecule has 0 fully saturated rings. The molecule has 0 saturated carbocycles. The number of hydrogen-bond donors (Lipinski definition) is 0. The molecular formula is C22H18N4O3S2. The first-order valence-electron chi connectivity index (χ1n) is 9.61. The molecule has 1 amide bonds. The van der Waals surface area contributed by atoms with Gasteiger partial charge in [0.2, 0.25) is 0 Å². The second-order valence-electron chi connectivity index (χ2n) is 6.86. The molecule has 1 unspecified atom stereocenters. The Labute approximate surface area is 186 Å². The predicted molar refractivity (Wildman–Crippen MR) is 121 cm³/mol. The molecule has 0 N–H and O–H groups in total. The maximum Gasteiger partial charge on any atom is 0.253 e. The van der Waals surface area contributed by atoms with Gasteiger partial charge >= 0.3 is 0 Å². The lowest BCUT2D eigenvalue weighted by atomic mass is 10.0. The predicted octanol–water partition coefficient (Wildman–Crippen LogP) is 4.76. The molecule has 1 atom stereocenters. The highest BCUT2D eigenvalue weighted by molar-refractivity contribution is 8.00. The Morgan fingerprint density at radius 2 is 2.13 bits per heavy atom. The average molecular weight is 451 g/mol. The van der Waals surface area contributed by atoms with Crippen LogP contribution in [0.1, 0.15) is 23.8 Å². The van der Waals surface area contributed by atoms with Crippen LogP contribution in [-0.2, 0) is 4.79 Å². The molecule has 4 aromatic rings. The number of methoxy groups -OCH3 is 1. The van der Waals surface area contributed by atoms with E-state index in [0.29, 0.717) is 12.2 Å². The summed E-state index contributed by atoms with van der Waals surface area (Å²) >= 11 is 2.96. The minimum atomic E-state index is -0.272. The SMILES string of the molecule is COc1ccc(C2=NN(C(=O)CSc3ncnc4sccc34)C(c3ccco3)C2)cc1. The van der Waals surface area contributed by atoms with Gasteiger partial charge in [-0.3, -0.25) is 4.79 Å². The molecule has 0 aliphatic carbocycles. The van der Waals surface area contributed by atoms with E-state index >= 15 is 0 Å². The summed E-state index contributed by atoms with van der Waals surface area (Å²) in [5, 5.41) is 9.95. The minimum Gasteiger partial charge on any atom is -0.497 e. The fourth-order valence-corrected chi connectivity index (χ4v) is 5.11. The lowest BCUT2D eigenvalue weighted by Gasteiger charge is -2.19. The van der Waals surface area contributed by atoms with Crippen molar-refractivity contribution in [2.24, 2.45) is 5.10 Å². The number of ether oxygens (including phenoxy) is 1. The number of benzene rings is 1. The van der Waals surface area contributed by atoms with E-state index in [2.05, 4.69) is 15.1 Å². The zero-order valence-corrected chi connectivity index (χ0v) is 18.2. The Hall–Kier alpha value is -3.17. The van der Waals surface area contributed by atoms with E-state index in [0.717, 1.165) is 32.3 Å². The van der Waals surface area contributed by atoms with Crippen LogP contribution in [0, 0.1) is 0 Å². The number of thioether (sulfide) groups is 1. The maximum absolute atomic E-state index is 13.2. The zero-order chi connectivity index (χ0) is 21.2. The number of carbonyl (C=O) groups is 1. The molecule has 0 saturated heterocycles. The summed E-state index contributed by atoms with van der Waals surface area (Å²) in [4.78, 5) is 22.7. The molecule has 0 spiro atoms. The van der Waals surface area contributed by atoms with Crippen molar-refractivity contribution in [3.8, 4) is 5.75 Å². The van der Waals surface area contributed by atoms with Gasteiger partial charge in [-0.05, 0) is 53.4 Å². The third kappa shape index (κ3) is 3.94. The van der Waals surface area contributed by atoms with Crippen molar-refractivity contribution >= 4 is 44.9 Å². The fraction of sp³-hybridized carbons (Fsp3) is 0.182. The minimum absolute atomic E-state index is 0.100. The first kappa shape index (κ1) is 19.8. The Bertz CT molecular complexity index is 1240. The van der Waals surface area contributed by atoms with Gasteiger partial charge in [-0.25, -0.2) is 15.0 Å². The molecule has 4 heterocycles. The van der Waals surface area contributed by atoms with Crippen molar-refractivity contribution in [1.82, 2.24) is 15.0 Å². The van der Waals surface area contributed by atoms with Crippen molar-refractivity contribution in [2.45, 2.75) is 17.5 Å². The van der Waals surface area contributed by atoms with Crippen LogP contribution in [0.5, 0.6) is 5.75 Å². The number of fused-ring (bicyclic) bond motifs is 1. The number of amides is 1. The molecule has 31 heavy (non-hydrogen) atoms. The Kier molecular flexibility index (Phi) is 5.44. The van der Waals surface area contributed by atoms with E-state index in [4.69, 9.17) is 9.15 Å². The lowest BCUT2D eigenvalue weighted by molar-refractivity contribution is -0.130. The first-order chi connectivity index (χ1) is 15.2. The number of furan rings is 1. The zero-order valence-electron chi connectivity index (χ0n) is 16.6. The van der Waals surface area contributed by atoms with E-state index in [9.17, 15) is 4.79 Å². The third-order valence-corrected chi connectivity index (χ3v) is 6.83. The summed E-state index contributed by atoms with van der Waals surface area (Å²) in [5.74, 6) is 1.61. The van der Waals surface area contributed by atoms with E-state index in [1.807, 2.05) is 47.8 Å². The topological polar surface area (TPSA) is 80.8 Å². The Morgan fingerprint density at radius 1 is 1.26 bits per heavy atom. The maximum atomic E-state index is 13.2.